The van der Waals surface area contributed by atoms with E-state index in [1.807, 2.05) is 13.8 Å². The van der Waals surface area contributed by atoms with Crippen LogP contribution in [-0.4, -0.2) is 24.1 Å². The number of hydrogen-bond acceptors (Lipinski definition) is 4. The number of hydrogen-bond donors (Lipinski definition) is 3. The number of carbonyl (C=O) groups excluding carboxylic acids is 2. The van der Waals surface area contributed by atoms with Gasteiger partial charge in [-0.2, -0.15) is 0 Å². The SMILES string of the molecule is CC[C@@H](C)c1cc(C(=O)Nc2cccc(NC(=O)NC)c2)on1. The molecular weight excluding hydrogens is 296 g/mol. The molecular formula is C16H20N4O3. The lowest BCUT2D eigenvalue weighted by Gasteiger charge is -2.07. The van der Waals surface area contributed by atoms with Crippen LogP contribution in [0.5, 0.6) is 0 Å². The van der Waals surface area contributed by atoms with E-state index in [2.05, 4.69) is 21.1 Å². The Kier molecular flexibility index (Phi) is 5.35. The van der Waals surface area contributed by atoms with Crippen molar-refractivity contribution in [2.75, 3.05) is 17.7 Å². The van der Waals surface area contributed by atoms with Gasteiger partial charge in [0.15, 0.2) is 0 Å². The minimum Gasteiger partial charge on any atom is -0.351 e. The molecule has 1 heterocycles. The van der Waals surface area contributed by atoms with Gasteiger partial charge in [0.05, 0.1) is 5.69 Å². The van der Waals surface area contributed by atoms with Gasteiger partial charge in [-0.25, -0.2) is 4.79 Å². The third kappa shape index (κ3) is 4.32. The zero-order valence-electron chi connectivity index (χ0n) is 13.3. The first-order valence-electron chi connectivity index (χ1n) is 7.40. The van der Waals surface area contributed by atoms with Crippen LogP contribution in [-0.2, 0) is 0 Å². The van der Waals surface area contributed by atoms with Crippen molar-refractivity contribution in [1.29, 1.82) is 0 Å². The Morgan fingerprint density at radius 2 is 1.91 bits per heavy atom. The van der Waals surface area contributed by atoms with Gasteiger partial charge in [-0.05, 0) is 24.6 Å². The molecule has 0 bridgehead atoms. The summed E-state index contributed by atoms with van der Waals surface area (Å²) in [4.78, 5) is 23.5. The van der Waals surface area contributed by atoms with Crippen LogP contribution in [0, 0.1) is 0 Å². The quantitative estimate of drug-likeness (QED) is 0.789. The fourth-order valence-electron chi connectivity index (χ4n) is 1.90. The van der Waals surface area contributed by atoms with Crippen molar-refractivity contribution in [2.45, 2.75) is 26.2 Å². The molecule has 0 aliphatic rings. The van der Waals surface area contributed by atoms with Gasteiger partial charge in [-0.15, -0.1) is 0 Å². The van der Waals surface area contributed by atoms with Gasteiger partial charge in [-0.1, -0.05) is 25.1 Å². The molecule has 7 heteroatoms. The first-order chi connectivity index (χ1) is 11.0. The number of nitrogens with one attached hydrogen (secondary N) is 3. The molecule has 7 nitrogen and oxygen atoms in total. The van der Waals surface area contributed by atoms with Gasteiger partial charge in [0, 0.05) is 30.4 Å². The zero-order chi connectivity index (χ0) is 16.8. The summed E-state index contributed by atoms with van der Waals surface area (Å²) >= 11 is 0. The molecule has 0 radical (unpaired) electrons. The molecule has 2 rings (SSSR count). The zero-order valence-corrected chi connectivity index (χ0v) is 13.3. The predicted molar refractivity (Wildman–Crippen MR) is 87.7 cm³/mol. The largest absolute Gasteiger partial charge is 0.351 e. The van der Waals surface area contributed by atoms with Crippen molar-refractivity contribution >= 4 is 23.3 Å². The van der Waals surface area contributed by atoms with E-state index in [0.717, 1.165) is 12.1 Å². The molecule has 0 aliphatic carbocycles. The Morgan fingerprint density at radius 3 is 2.57 bits per heavy atom. The maximum absolute atomic E-state index is 12.2. The molecule has 3 amide bonds. The summed E-state index contributed by atoms with van der Waals surface area (Å²) in [5, 5.41) is 11.7. The van der Waals surface area contributed by atoms with E-state index in [1.165, 1.54) is 7.05 Å². The lowest BCUT2D eigenvalue weighted by molar-refractivity contribution is 0.0987. The average molecular weight is 316 g/mol. The number of anilines is 2. The smallest absolute Gasteiger partial charge is 0.318 e. The second kappa shape index (κ2) is 7.44. The van der Waals surface area contributed by atoms with E-state index < -0.39 is 0 Å². The molecule has 0 saturated heterocycles. The van der Waals surface area contributed by atoms with Crippen LogP contribution in [0.4, 0.5) is 16.2 Å². The summed E-state index contributed by atoms with van der Waals surface area (Å²) in [5.41, 5.74) is 1.87. The van der Waals surface area contributed by atoms with Gasteiger partial charge >= 0.3 is 6.03 Å². The third-order valence-corrected chi connectivity index (χ3v) is 3.47. The van der Waals surface area contributed by atoms with Crippen molar-refractivity contribution in [3.63, 3.8) is 0 Å². The third-order valence-electron chi connectivity index (χ3n) is 3.47. The number of urea groups is 1. The summed E-state index contributed by atoms with van der Waals surface area (Å²) < 4.78 is 5.09. The van der Waals surface area contributed by atoms with Crippen LogP contribution in [0.2, 0.25) is 0 Å². The van der Waals surface area contributed by atoms with Crippen molar-refractivity contribution in [3.05, 3.63) is 41.8 Å². The average Bonchev–Trinajstić information content (AvgIpc) is 3.04. The predicted octanol–water partition coefficient (Wildman–Crippen LogP) is 3.19. The molecule has 0 spiro atoms. The van der Waals surface area contributed by atoms with Gasteiger partial charge < -0.3 is 20.5 Å². The molecule has 1 aromatic carbocycles. The molecule has 23 heavy (non-hydrogen) atoms. The van der Waals surface area contributed by atoms with E-state index >= 15 is 0 Å². The molecule has 2 aromatic rings. The van der Waals surface area contributed by atoms with Crippen molar-refractivity contribution in [2.24, 2.45) is 0 Å². The minimum absolute atomic E-state index is 0.157. The van der Waals surface area contributed by atoms with Crippen LogP contribution in [0.1, 0.15) is 42.4 Å². The Morgan fingerprint density at radius 1 is 1.22 bits per heavy atom. The second-order valence-electron chi connectivity index (χ2n) is 5.16. The van der Waals surface area contributed by atoms with Crippen LogP contribution in [0.25, 0.3) is 0 Å². The lowest BCUT2D eigenvalue weighted by atomic mass is 10.1. The number of nitrogens with zero attached hydrogens (tertiary/aromatic N) is 1. The molecule has 0 saturated carbocycles. The number of carbonyl (C=O) groups is 2. The maximum Gasteiger partial charge on any atom is 0.318 e. The first-order valence-corrected chi connectivity index (χ1v) is 7.40. The number of rotatable bonds is 5. The van der Waals surface area contributed by atoms with Crippen LogP contribution in [0.3, 0.4) is 0 Å². The second-order valence-corrected chi connectivity index (χ2v) is 5.16. The first kappa shape index (κ1) is 16.5. The molecule has 0 aliphatic heterocycles. The molecule has 0 unspecified atom stereocenters. The van der Waals surface area contributed by atoms with E-state index in [4.69, 9.17) is 4.52 Å². The molecule has 1 atom stereocenters. The van der Waals surface area contributed by atoms with E-state index in [0.29, 0.717) is 11.4 Å². The summed E-state index contributed by atoms with van der Waals surface area (Å²) in [7, 11) is 1.53. The summed E-state index contributed by atoms with van der Waals surface area (Å²) in [6, 6.07) is 8.14. The van der Waals surface area contributed by atoms with Gasteiger partial charge in [0.1, 0.15) is 0 Å². The topological polar surface area (TPSA) is 96.3 Å². The van der Waals surface area contributed by atoms with E-state index in [9.17, 15) is 9.59 Å². The Bertz CT molecular complexity index is 696. The summed E-state index contributed by atoms with van der Waals surface area (Å²) in [5.74, 6) is 0.00879. The maximum atomic E-state index is 12.2. The van der Waals surface area contributed by atoms with Gasteiger partial charge in [0.2, 0.25) is 5.76 Å². The highest BCUT2D eigenvalue weighted by Crippen LogP contribution is 2.20. The van der Waals surface area contributed by atoms with E-state index in [-0.39, 0.29) is 23.6 Å². The highest BCUT2D eigenvalue weighted by Gasteiger charge is 2.16. The fraction of sp³-hybridized carbons (Fsp3) is 0.312. The lowest BCUT2D eigenvalue weighted by Crippen LogP contribution is -2.24. The molecule has 0 fully saturated rings. The van der Waals surface area contributed by atoms with Crippen molar-refractivity contribution in [1.82, 2.24) is 10.5 Å². The molecule has 1 aromatic heterocycles. The summed E-state index contributed by atoms with van der Waals surface area (Å²) in [6.07, 6.45) is 0.917. The van der Waals surface area contributed by atoms with Crippen LogP contribution in [0.15, 0.2) is 34.9 Å². The number of amides is 3. The van der Waals surface area contributed by atoms with Crippen molar-refractivity contribution < 1.29 is 14.1 Å². The highest BCUT2D eigenvalue weighted by atomic mass is 16.5. The fourth-order valence-corrected chi connectivity index (χ4v) is 1.90. The standard InChI is InChI=1S/C16H20N4O3/c1-4-10(2)13-9-14(23-20-13)15(21)18-11-6-5-7-12(8-11)19-16(22)17-3/h5-10H,4H2,1-3H3,(H,18,21)(H2,17,19,22)/t10-/m1/s1. The molecule has 3 N–H and O–H groups in total. The monoisotopic (exact) mass is 316 g/mol. The Labute approximate surface area is 134 Å². The molecule has 122 valence electrons. The normalized spacial score (nSPS) is 11.6. The van der Waals surface area contributed by atoms with Crippen LogP contribution >= 0.6 is 0 Å². The highest BCUT2D eigenvalue weighted by molar-refractivity contribution is 6.02. The van der Waals surface area contributed by atoms with Gasteiger partial charge in [0.25, 0.3) is 5.91 Å². The Balaban J connectivity index is 2.06. The van der Waals surface area contributed by atoms with Gasteiger partial charge in [-0.3, -0.25) is 4.79 Å². The Hall–Kier alpha value is -2.83. The van der Waals surface area contributed by atoms with Crippen molar-refractivity contribution in [3.8, 4) is 0 Å². The summed E-state index contributed by atoms with van der Waals surface area (Å²) in [6.45, 7) is 4.07. The number of aromatic nitrogens is 1. The van der Waals surface area contributed by atoms with E-state index in [1.54, 1.807) is 30.3 Å². The number of benzene rings is 1. The van der Waals surface area contributed by atoms with Crippen LogP contribution < -0.4 is 16.0 Å². The minimum atomic E-state index is -0.385.